The monoisotopic (exact) mass is 164 g/mol. The van der Waals surface area contributed by atoms with Crippen molar-refractivity contribution in [3.63, 3.8) is 0 Å². The van der Waals surface area contributed by atoms with Crippen molar-refractivity contribution in [3.05, 3.63) is 28.8 Å². The van der Waals surface area contributed by atoms with Gasteiger partial charge in [-0.1, -0.05) is 26.0 Å². The highest BCUT2D eigenvalue weighted by molar-refractivity contribution is 5.44. The molecule has 0 aliphatic carbocycles. The average Bonchev–Trinajstić information content (AvgIpc) is 2.10. The van der Waals surface area contributed by atoms with Crippen molar-refractivity contribution in [3.8, 4) is 5.75 Å². The molecule has 0 fully saturated rings. The van der Waals surface area contributed by atoms with Gasteiger partial charge in [0.1, 0.15) is 5.75 Å². The second-order valence-corrected chi connectivity index (χ2v) is 3.06. The molecule has 1 aromatic rings. The number of phenolic OH excluding ortho intramolecular Hbond substituents is 1. The number of hydrogen-bond acceptors (Lipinski definition) is 1. The maximum atomic E-state index is 9.71. The lowest BCUT2D eigenvalue weighted by Gasteiger charge is -2.08. The van der Waals surface area contributed by atoms with Gasteiger partial charge in [0.25, 0.3) is 0 Å². The second-order valence-electron chi connectivity index (χ2n) is 3.06. The third-order valence-electron chi connectivity index (χ3n) is 2.39. The van der Waals surface area contributed by atoms with Crippen molar-refractivity contribution in [2.24, 2.45) is 0 Å². The zero-order valence-electron chi connectivity index (χ0n) is 8.02. The second kappa shape index (κ2) is 3.61. The van der Waals surface area contributed by atoms with Crippen molar-refractivity contribution in [2.45, 2.75) is 33.6 Å². The van der Waals surface area contributed by atoms with Crippen LogP contribution in [-0.2, 0) is 12.8 Å². The quantitative estimate of drug-likeness (QED) is 0.712. The zero-order valence-corrected chi connectivity index (χ0v) is 8.02. The predicted molar refractivity (Wildman–Crippen MR) is 51.6 cm³/mol. The molecule has 0 heterocycles. The van der Waals surface area contributed by atoms with Gasteiger partial charge in [-0.25, -0.2) is 0 Å². The third kappa shape index (κ3) is 1.45. The van der Waals surface area contributed by atoms with Crippen LogP contribution >= 0.6 is 0 Å². The maximum Gasteiger partial charge on any atom is 0.121 e. The molecule has 0 saturated carbocycles. The molecule has 1 nitrogen and oxygen atoms in total. The number of phenols is 1. The van der Waals surface area contributed by atoms with Gasteiger partial charge in [0.15, 0.2) is 0 Å². The standard InChI is InChI=1S/C11H16O/c1-4-9-6-7-10(5-2)11(12)8(9)3/h6-7,12H,4-5H2,1-3H3. The third-order valence-corrected chi connectivity index (χ3v) is 2.39. The molecule has 1 N–H and O–H groups in total. The Morgan fingerprint density at radius 1 is 1.08 bits per heavy atom. The molecule has 0 radical (unpaired) electrons. The first-order valence-electron chi connectivity index (χ1n) is 4.51. The Balaban J connectivity index is 3.20. The largest absolute Gasteiger partial charge is 0.507 e. The Bertz CT molecular complexity index is 248. The van der Waals surface area contributed by atoms with E-state index in [4.69, 9.17) is 0 Å². The van der Waals surface area contributed by atoms with Crippen molar-refractivity contribution in [1.82, 2.24) is 0 Å². The Labute approximate surface area is 74.1 Å². The highest BCUT2D eigenvalue weighted by Crippen LogP contribution is 2.25. The van der Waals surface area contributed by atoms with Gasteiger partial charge in [-0.3, -0.25) is 0 Å². The number of benzene rings is 1. The van der Waals surface area contributed by atoms with E-state index in [0.717, 1.165) is 24.0 Å². The summed E-state index contributed by atoms with van der Waals surface area (Å²) in [6.45, 7) is 6.14. The van der Waals surface area contributed by atoms with E-state index in [9.17, 15) is 5.11 Å². The summed E-state index contributed by atoms with van der Waals surface area (Å²) in [4.78, 5) is 0. The van der Waals surface area contributed by atoms with Gasteiger partial charge in [0.05, 0.1) is 0 Å². The molecular weight excluding hydrogens is 148 g/mol. The summed E-state index contributed by atoms with van der Waals surface area (Å²) in [7, 11) is 0. The molecule has 1 aromatic carbocycles. The fourth-order valence-corrected chi connectivity index (χ4v) is 1.47. The normalized spacial score (nSPS) is 10.2. The van der Waals surface area contributed by atoms with Crippen LogP contribution in [0, 0.1) is 6.92 Å². The molecule has 0 saturated heterocycles. The molecule has 0 bridgehead atoms. The minimum absolute atomic E-state index is 0.483. The van der Waals surface area contributed by atoms with Gasteiger partial charge >= 0.3 is 0 Å². The highest BCUT2D eigenvalue weighted by atomic mass is 16.3. The lowest BCUT2D eigenvalue weighted by Crippen LogP contribution is -1.91. The van der Waals surface area contributed by atoms with Crippen molar-refractivity contribution in [2.75, 3.05) is 0 Å². The van der Waals surface area contributed by atoms with Crippen LogP contribution in [0.1, 0.15) is 30.5 Å². The van der Waals surface area contributed by atoms with E-state index in [0.29, 0.717) is 5.75 Å². The summed E-state index contributed by atoms with van der Waals surface area (Å²) in [6.07, 6.45) is 1.89. The minimum atomic E-state index is 0.483. The summed E-state index contributed by atoms with van der Waals surface area (Å²) in [5, 5.41) is 9.71. The van der Waals surface area contributed by atoms with Crippen molar-refractivity contribution >= 4 is 0 Å². The number of hydrogen-bond donors (Lipinski definition) is 1. The van der Waals surface area contributed by atoms with Crippen LogP contribution < -0.4 is 0 Å². The van der Waals surface area contributed by atoms with Crippen LogP contribution in [0.4, 0.5) is 0 Å². The molecule has 66 valence electrons. The molecule has 0 spiro atoms. The number of rotatable bonds is 2. The summed E-state index contributed by atoms with van der Waals surface area (Å²) in [5.74, 6) is 0.483. The lowest BCUT2D eigenvalue weighted by atomic mass is 10.0. The highest BCUT2D eigenvalue weighted by Gasteiger charge is 2.05. The van der Waals surface area contributed by atoms with Crippen LogP contribution in [0.15, 0.2) is 12.1 Å². The predicted octanol–water partition coefficient (Wildman–Crippen LogP) is 2.83. The molecular formula is C11H16O. The molecule has 0 atom stereocenters. The van der Waals surface area contributed by atoms with E-state index in [-0.39, 0.29) is 0 Å². The van der Waals surface area contributed by atoms with Gasteiger partial charge in [0.2, 0.25) is 0 Å². The SMILES string of the molecule is CCc1ccc(CC)c(O)c1C. The van der Waals surface area contributed by atoms with Gasteiger partial charge in [-0.05, 0) is 36.5 Å². The van der Waals surface area contributed by atoms with Crippen molar-refractivity contribution in [1.29, 1.82) is 0 Å². The molecule has 12 heavy (non-hydrogen) atoms. The van der Waals surface area contributed by atoms with E-state index in [1.165, 1.54) is 5.56 Å². The first-order chi connectivity index (χ1) is 5.70. The minimum Gasteiger partial charge on any atom is -0.507 e. The van der Waals surface area contributed by atoms with Crippen LogP contribution in [0.2, 0.25) is 0 Å². The molecule has 1 heteroatoms. The molecule has 0 aliphatic rings. The average molecular weight is 164 g/mol. The number of aromatic hydroxyl groups is 1. The first-order valence-corrected chi connectivity index (χ1v) is 4.51. The molecule has 0 aliphatic heterocycles. The summed E-state index contributed by atoms with van der Waals surface area (Å²) in [6, 6.07) is 4.12. The zero-order chi connectivity index (χ0) is 9.14. The Hall–Kier alpha value is -0.980. The Morgan fingerprint density at radius 3 is 2.08 bits per heavy atom. The van der Waals surface area contributed by atoms with Crippen LogP contribution in [-0.4, -0.2) is 5.11 Å². The van der Waals surface area contributed by atoms with E-state index in [1.807, 2.05) is 13.0 Å². The summed E-state index contributed by atoms with van der Waals surface area (Å²) in [5.41, 5.74) is 3.33. The fraction of sp³-hybridized carbons (Fsp3) is 0.455. The van der Waals surface area contributed by atoms with Gasteiger partial charge < -0.3 is 5.11 Å². The van der Waals surface area contributed by atoms with E-state index >= 15 is 0 Å². The molecule has 0 unspecified atom stereocenters. The molecule has 0 aromatic heterocycles. The van der Waals surface area contributed by atoms with E-state index in [2.05, 4.69) is 19.9 Å². The first kappa shape index (κ1) is 9.11. The van der Waals surface area contributed by atoms with E-state index in [1.54, 1.807) is 0 Å². The molecule has 0 amide bonds. The van der Waals surface area contributed by atoms with Crippen molar-refractivity contribution < 1.29 is 5.11 Å². The van der Waals surface area contributed by atoms with Gasteiger partial charge in [-0.2, -0.15) is 0 Å². The lowest BCUT2D eigenvalue weighted by molar-refractivity contribution is 0.463. The Kier molecular flexibility index (Phi) is 2.74. The van der Waals surface area contributed by atoms with Crippen LogP contribution in [0.5, 0.6) is 5.75 Å². The van der Waals surface area contributed by atoms with E-state index < -0.39 is 0 Å². The van der Waals surface area contributed by atoms with Gasteiger partial charge in [0, 0.05) is 0 Å². The summed E-state index contributed by atoms with van der Waals surface area (Å²) >= 11 is 0. The molecule has 1 rings (SSSR count). The van der Waals surface area contributed by atoms with Crippen LogP contribution in [0.3, 0.4) is 0 Å². The number of aryl methyl sites for hydroxylation is 2. The van der Waals surface area contributed by atoms with Crippen LogP contribution in [0.25, 0.3) is 0 Å². The summed E-state index contributed by atoms with van der Waals surface area (Å²) < 4.78 is 0. The topological polar surface area (TPSA) is 20.2 Å². The Morgan fingerprint density at radius 2 is 1.58 bits per heavy atom. The van der Waals surface area contributed by atoms with Gasteiger partial charge in [-0.15, -0.1) is 0 Å². The fourth-order valence-electron chi connectivity index (χ4n) is 1.47. The smallest absolute Gasteiger partial charge is 0.121 e. The maximum absolute atomic E-state index is 9.71.